The van der Waals surface area contributed by atoms with Crippen molar-refractivity contribution in [1.82, 2.24) is 5.32 Å². The van der Waals surface area contributed by atoms with Crippen LogP contribution in [0.2, 0.25) is 0 Å². The van der Waals surface area contributed by atoms with Crippen molar-refractivity contribution in [3.05, 3.63) is 0 Å². The van der Waals surface area contributed by atoms with Gasteiger partial charge in [0.05, 0.1) is 25.4 Å². The SMILES string of the molecule is CCCCCCCCCCCCCC(=O)OCCCCCCCCCCCCCCCCCCCCCCCCCCCCC(=O)NC(CO)C(O)CCCCCCCCCCC. The van der Waals surface area contributed by atoms with Gasteiger partial charge in [0, 0.05) is 12.8 Å². The highest BCUT2D eigenvalue weighted by molar-refractivity contribution is 5.76. The second-order valence-corrected chi connectivity index (χ2v) is 20.0. The number of ether oxygens (including phenoxy) is 1. The van der Waals surface area contributed by atoms with Crippen molar-refractivity contribution in [2.45, 2.75) is 341 Å². The lowest BCUT2D eigenvalue weighted by Gasteiger charge is -2.22. The molecule has 0 aliphatic rings. The summed E-state index contributed by atoms with van der Waals surface area (Å²) in [7, 11) is 0. The van der Waals surface area contributed by atoms with Crippen LogP contribution in [0.5, 0.6) is 0 Å². The van der Waals surface area contributed by atoms with Gasteiger partial charge in [-0.05, 0) is 25.7 Å². The van der Waals surface area contributed by atoms with E-state index >= 15 is 0 Å². The van der Waals surface area contributed by atoms with Crippen LogP contribution in [0.4, 0.5) is 0 Å². The molecule has 0 bridgehead atoms. The fourth-order valence-corrected chi connectivity index (χ4v) is 9.23. The van der Waals surface area contributed by atoms with Gasteiger partial charge in [0.1, 0.15) is 0 Å². The van der Waals surface area contributed by atoms with Gasteiger partial charge in [0.25, 0.3) is 0 Å². The minimum absolute atomic E-state index is 0.0174. The molecule has 0 aromatic heterocycles. The Labute approximate surface area is 394 Å². The zero-order chi connectivity index (χ0) is 45.8. The van der Waals surface area contributed by atoms with E-state index in [1.54, 1.807) is 0 Å². The molecule has 0 heterocycles. The molecule has 6 nitrogen and oxygen atoms in total. The number of esters is 1. The molecule has 2 atom stereocenters. The zero-order valence-corrected chi connectivity index (χ0v) is 42.8. The molecular weight excluding hydrogens is 779 g/mol. The van der Waals surface area contributed by atoms with E-state index in [9.17, 15) is 19.8 Å². The highest BCUT2D eigenvalue weighted by Crippen LogP contribution is 2.18. The maximum atomic E-state index is 12.4. The molecule has 0 spiro atoms. The van der Waals surface area contributed by atoms with Crippen molar-refractivity contribution in [2.75, 3.05) is 13.2 Å². The zero-order valence-electron chi connectivity index (χ0n) is 42.8. The van der Waals surface area contributed by atoms with Gasteiger partial charge in [-0.2, -0.15) is 0 Å². The van der Waals surface area contributed by atoms with Crippen LogP contribution in [0.3, 0.4) is 0 Å². The van der Waals surface area contributed by atoms with E-state index < -0.39 is 12.1 Å². The molecule has 0 aromatic rings. The topological polar surface area (TPSA) is 95.9 Å². The summed E-state index contributed by atoms with van der Waals surface area (Å²) < 4.78 is 5.47. The van der Waals surface area contributed by atoms with Gasteiger partial charge in [-0.3, -0.25) is 9.59 Å². The van der Waals surface area contributed by atoms with Crippen molar-refractivity contribution in [2.24, 2.45) is 0 Å². The molecule has 1 amide bonds. The Hall–Kier alpha value is -1.14. The number of rotatable bonds is 54. The Morgan fingerprint density at radius 3 is 0.968 bits per heavy atom. The maximum absolute atomic E-state index is 12.4. The van der Waals surface area contributed by atoms with E-state index in [1.165, 1.54) is 257 Å². The summed E-state index contributed by atoms with van der Waals surface area (Å²) in [5, 5.41) is 23.1. The fraction of sp³-hybridized carbons (Fsp3) is 0.965. The lowest BCUT2D eigenvalue weighted by Crippen LogP contribution is -2.45. The summed E-state index contributed by atoms with van der Waals surface area (Å²) in [4.78, 5) is 24.4. The van der Waals surface area contributed by atoms with Gasteiger partial charge >= 0.3 is 5.97 Å². The smallest absolute Gasteiger partial charge is 0.305 e. The molecule has 3 N–H and O–H groups in total. The molecule has 0 fully saturated rings. The number of unbranched alkanes of at least 4 members (excludes halogenated alkanes) is 43. The van der Waals surface area contributed by atoms with Gasteiger partial charge in [-0.15, -0.1) is 0 Å². The average Bonchev–Trinajstić information content (AvgIpc) is 3.28. The quantitative estimate of drug-likeness (QED) is 0.0418. The number of aliphatic hydroxyl groups is 2. The van der Waals surface area contributed by atoms with E-state index in [4.69, 9.17) is 4.74 Å². The number of amides is 1. The molecule has 0 saturated carbocycles. The predicted octanol–water partition coefficient (Wildman–Crippen LogP) is 17.5. The Morgan fingerprint density at radius 1 is 0.381 bits per heavy atom. The molecule has 0 aromatic carbocycles. The predicted molar refractivity (Wildman–Crippen MR) is 274 cm³/mol. The van der Waals surface area contributed by atoms with E-state index in [0.717, 1.165) is 38.5 Å². The third-order valence-corrected chi connectivity index (χ3v) is 13.7. The largest absolute Gasteiger partial charge is 0.466 e. The molecular formula is C57H113NO5. The summed E-state index contributed by atoms with van der Waals surface area (Å²) in [5.74, 6) is -0.0162. The maximum Gasteiger partial charge on any atom is 0.305 e. The highest BCUT2D eigenvalue weighted by Gasteiger charge is 2.20. The van der Waals surface area contributed by atoms with Gasteiger partial charge < -0.3 is 20.3 Å². The van der Waals surface area contributed by atoms with Crippen LogP contribution < -0.4 is 5.32 Å². The van der Waals surface area contributed by atoms with Crippen molar-refractivity contribution < 1.29 is 24.5 Å². The Morgan fingerprint density at radius 2 is 0.651 bits per heavy atom. The standard InChI is InChI=1S/C57H113NO5/c1-3-5-7-9-11-13-30-35-39-43-47-51-57(62)63-52-48-44-40-36-32-29-27-25-23-21-19-17-15-14-16-18-20-22-24-26-28-31-34-38-42-46-50-56(61)58-54(53-59)55(60)49-45-41-37-33-12-10-8-6-4-2/h54-55,59-60H,3-53H2,1-2H3,(H,58,61). The normalized spacial score (nSPS) is 12.5. The van der Waals surface area contributed by atoms with Crippen LogP contribution in [-0.2, 0) is 14.3 Å². The van der Waals surface area contributed by atoms with Crippen molar-refractivity contribution in [3.8, 4) is 0 Å². The average molecular weight is 893 g/mol. The molecule has 0 aliphatic heterocycles. The minimum Gasteiger partial charge on any atom is -0.466 e. The van der Waals surface area contributed by atoms with Crippen LogP contribution in [-0.4, -0.2) is 47.4 Å². The minimum atomic E-state index is -0.658. The van der Waals surface area contributed by atoms with E-state index in [0.29, 0.717) is 25.9 Å². The van der Waals surface area contributed by atoms with Crippen molar-refractivity contribution in [3.63, 3.8) is 0 Å². The highest BCUT2D eigenvalue weighted by atomic mass is 16.5. The number of nitrogens with one attached hydrogen (secondary N) is 1. The number of carbonyl (C=O) groups excluding carboxylic acids is 2. The van der Waals surface area contributed by atoms with E-state index in [-0.39, 0.29) is 18.5 Å². The van der Waals surface area contributed by atoms with E-state index in [1.807, 2.05) is 0 Å². The summed E-state index contributed by atoms with van der Waals surface area (Å²) in [6, 6.07) is -0.536. The number of hydrogen-bond donors (Lipinski definition) is 3. The fourth-order valence-electron chi connectivity index (χ4n) is 9.23. The third-order valence-electron chi connectivity index (χ3n) is 13.7. The Kier molecular flexibility index (Phi) is 52.5. The lowest BCUT2D eigenvalue weighted by molar-refractivity contribution is -0.143. The summed E-state index contributed by atoms with van der Waals surface area (Å²) in [6.07, 6.45) is 61.2. The van der Waals surface area contributed by atoms with Gasteiger partial charge in [-0.25, -0.2) is 0 Å². The molecule has 0 rings (SSSR count). The molecule has 6 heteroatoms. The van der Waals surface area contributed by atoms with Gasteiger partial charge in [-0.1, -0.05) is 290 Å². The Balaban J connectivity index is 3.31. The first-order valence-corrected chi connectivity index (χ1v) is 28.8. The molecule has 0 saturated heterocycles. The molecule has 0 radical (unpaired) electrons. The van der Waals surface area contributed by atoms with Crippen LogP contribution in [0.1, 0.15) is 328 Å². The monoisotopic (exact) mass is 892 g/mol. The van der Waals surface area contributed by atoms with Gasteiger partial charge in [0.2, 0.25) is 5.91 Å². The molecule has 376 valence electrons. The first kappa shape index (κ1) is 61.9. The second kappa shape index (κ2) is 53.5. The lowest BCUT2D eigenvalue weighted by atomic mass is 10.0. The third kappa shape index (κ3) is 50.1. The molecule has 2 unspecified atom stereocenters. The van der Waals surface area contributed by atoms with Gasteiger partial charge in [0.15, 0.2) is 0 Å². The first-order chi connectivity index (χ1) is 31.0. The number of carbonyl (C=O) groups is 2. The van der Waals surface area contributed by atoms with Crippen LogP contribution >= 0.6 is 0 Å². The summed E-state index contributed by atoms with van der Waals surface area (Å²) in [6.45, 7) is 4.95. The number of hydrogen-bond acceptors (Lipinski definition) is 5. The summed E-state index contributed by atoms with van der Waals surface area (Å²) in [5.41, 5.74) is 0. The van der Waals surface area contributed by atoms with Crippen molar-refractivity contribution in [1.29, 1.82) is 0 Å². The second-order valence-electron chi connectivity index (χ2n) is 20.0. The molecule has 0 aliphatic carbocycles. The van der Waals surface area contributed by atoms with Crippen molar-refractivity contribution >= 4 is 11.9 Å². The van der Waals surface area contributed by atoms with E-state index in [2.05, 4.69) is 19.2 Å². The van der Waals surface area contributed by atoms with Crippen LogP contribution in [0.25, 0.3) is 0 Å². The first-order valence-electron chi connectivity index (χ1n) is 28.8. The summed E-state index contributed by atoms with van der Waals surface area (Å²) >= 11 is 0. The molecule has 63 heavy (non-hydrogen) atoms. The van der Waals surface area contributed by atoms with Crippen LogP contribution in [0, 0.1) is 0 Å². The Bertz CT molecular complexity index is 898. The number of aliphatic hydroxyl groups excluding tert-OH is 2. The van der Waals surface area contributed by atoms with Crippen LogP contribution in [0.15, 0.2) is 0 Å².